The number of amides is 1. The zero-order valence-corrected chi connectivity index (χ0v) is 8.10. The second-order valence-electron chi connectivity index (χ2n) is 2.45. The summed E-state index contributed by atoms with van der Waals surface area (Å²) in [5.74, 6) is -0.289. The number of esters is 1. The lowest BCUT2D eigenvalue weighted by atomic mass is 10.3. The van der Waals surface area contributed by atoms with Crippen molar-refractivity contribution in [3.8, 4) is 0 Å². The lowest BCUT2D eigenvalue weighted by molar-refractivity contribution is -0.137. The van der Waals surface area contributed by atoms with E-state index in [9.17, 15) is 9.59 Å². The van der Waals surface area contributed by atoms with Crippen molar-refractivity contribution in [2.24, 2.45) is 0 Å². The molecule has 1 aliphatic heterocycles. The molecule has 0 aromatic carbocycles. The molecule has 1 N–H and O–H groups in total. The van der Waals surface area contributed by atoms with Gasteiger partial charge in [-0.15, -0.1) is 11.8 Å². The Kier molecular flexibility index (Phi) is 3.82. The van der Waals surface area contributed by atoms with Crippen LogP contribution in [0.25, 0.3) is 0 Å². The molecule has 0 spiro atoms. The summed E-state index contributed by atoms with van der Waals surface area (Å²) in [7, 11) is 0. The molecule has 0 saturated carbocycles. The third kappa shape index (κ3) is 3.50. The molecule has 72 valence electrons. The Balaban J connectivity index is 2.11. The number of ether oxygens (including phenoxy) is 1. The molecule has 1 heterocycles. The van der Waals surface area contributed by atoms with Crippen LogP contribution in [0.5, 0.6) is 0 Å². The summed E-state index contributed by atoms with van der Waals surface area (Å²) < 4.78 is 4.67. The molecule has 1 fully saturated rings. The van der Waals surface area contributed by atoms with E-state index in [1.54, 1.807) is 12.3 Å². The van der Waals surface area contributed by atoms with Crippen molar-refractivity contribution in [1.82, 2.24) is 5.32 Å². The van der Waals surface area contributed by atoms with Crippen LogP contribution in [0.3, 0.4) is 0 Å². The monoisotopic (exact) mass is 201 g/mol. The molecule has 5 heteroatoms. The van der Waals surface area contributed by atoms with Crippen molar-refractivity contribution in [2.75, 3.05) is 6.61 Å². The van der Waals surface area contributed by atoms with E-state index >= 15 is 0 Å². The van der Waals surface area contributed by atoms with Gasteiger partial charge in [0, 0.05) is 6.08 Å². The summed E-state index contributed by atoms with van der Waals surface area (Å²) in [5, 5.41) is 4.43. The average molecular weight is 201 g/mol. The summed E-state index contributed by atoms with van der Waals surface area (Å²) in [6.07, 6.45) is 1.89. The van der Waals surface area contributed by atoms with Crippen molar-refractivity contribution in [2.45, 2.75) is 18.7 Å². The fraction of sp³-hybridized carbons (Fsp3) is 0.500. The highest BCUT2D eigenvalue weighted by Gasteiger charge is 2.24. The number of carbonyl (C=O) groups is 2. The van der Waals surface area contributed by atoms with Crippen molar-refractivity contribution < 1.29 is 14.3 Å². The zero-order chi connectivity index (χ0) is 9.68. The number of rotatable bonds is 4. The highest BCUT2D eigenvalue weighted by Crippen LogP contribution is 2.19. The van der Waals surface area contributed by atoms with E-state index in [1.807, 2.05) is 0 Å². The van der Waals surface area contributed by atoms with Crippen LogP contribution >= 0.6 is 11.8 Å². The fourth-order valence-corrected chi connectivity index (χ4v) is 1.62. The van der Waals surface area contributed by atoms with E-state index in [1.165, 1.54) is 17.8 Å². The van der Waals surface area contributed by atoms with Crippen LogP contribution in [0.2, 0.25) is 0 Å². The molecular formula is C8H11NO3S. The number of thioether (sulfide) groups is 1. The van der Waals surface area contributed by atoms with Crippen LogP contribution in [0.4, 0.5) is 0 Å². The number of hydrogen-bond donors (Lipinski definition) is 1. The number of carbonyl (C=O) groups excluding carboxylic acids is 2. The lowest BCUT2D eigenvalue weighted by Crippen LogP contribution is -2.45. The van der Waals surface area contributed by atoms with Gasteiger partial charge in [-0.25, -0.2) is 4.79 Å². The SMILES string of the molecule is CCOC(=O)C=CSC1CC(=O)N1. The topological polar surface area (TPSA) is 55.4 Å². The van der Waals surface area contributed by atoms with Crippen LogP contribution < -0.4 is 5.32 Å². The van der Waals surface area contributed by atoms with Crippen molar-refractivity contribution in [1.29, 1.82) is 0 Å². The molecule has 0 aromatic rings. The molecule has 1 atom stereocenters. The minimum absolute atomic E-state index is 0.0574. The van der Waals surface area contributed by atoms with Crippen LogP contribution in [0.15, 0.2) is 11.5 Å². The van der Waals surface area contributed by atoms with Gasteiger partial charge in [-0.05, 0) is 12.3 Å². The van der Waals surface area contributed by atoms with E-state index in [2.05, 4.69) is 10.1 Å². The first kappa shape index (κ1) is 10.1. The number of hydrogen-bond acceptors (Lipinski definition) is 4. The van der Waals surface area contributed by atoms with Gasteiger partial charge in [-0.1, -0.05) is 0 Å². The van der Waals surface area contributed by atoms with E-state index in [-0.39, 0.29) is 17.3 Å². The van der Waals surface area contributed by atoms with Crippen LogP contribution in [0.1, 0.15) is 13.3 Å². The van der Waals surface area contributed by atoms with Gasteiger partial charge < -0.3 is 10.1 Å². The van der Waals surface area contributed by atoms with Crippen molar-refractivity contribution in [3.05, 3.63) is 11.5 Å². The highest BCUT2D eigenvalue weighted by molar-refractivity contribution is 8.02. The maximum absolute atomic E-state index is 10.8. The van der Waals surface area contributed by atoms with E-state index < -0.39 is 0 Å². The van der Waals surface area contributed by atoms with Crippen LogP contribution in [0, 0.1) is 0 Å². The van der Waals surface area contributed by atoms with Gasteiger partial charge in [0.05, 0.1) is 18.4 Å². The molecule has 13 heavy (non-hydrogen) atoms. The maximum atomic E-state index is 10.8. The van der Waals surface area contributed by atoms with Crippen molar-refractivity contribution >= 4 is 23.6 Å². The Morgan fingerprint density at radius 2 is 2.54 bits per heavy atom. The Morgan fingerprint density at radius 3 is 3.08 bits per heavy atom. The molecule has 0 radical (unpaired) electrons. The molecule has 0 aromatic heterocycles. The Labute approximate surface area is 80.7 Å². The molecule has 1 unspecified atom stereocenters. The van der Waals surface area contributed by atoms with Gasteiger partial charge in [0.1, 0.15) is 0 Å². The second kappa shape index (κ2) is 4.91. The van der Waals surface area contributed by atoms with Gasteiger partial charge in [-0.3, -0.25) is 4.79 Å². The third-order valence-corrected chi connectivity index (χ3v) is 2.33. The predicted octanol–water partition coefficient (Wildman–Crippen LogP) is 0.642. The average Bonchev–Trinajstić information content (AvgIpc) is 2.01. The molecular weight excluding hydrogens is 190 g/mol. The molecule has 1 rings (SSSR count). The molecule has 0 bridgehead atoms. The highest BCUT2D eigenvalue weighted by atomic mass is 32.2. The lowest BCUT2D eigenvalue weighted by Gasteiger charge is -2.24. The smallest absolute Gasteiger partial charge is 0.331 e. The van der Waals surface area contributed by atoms with Gasteiger partial charge in [-0.2, -0.15) is 0 Å². The van der Waals surface area contributed by atoms with E-state index in [0.29, 0.717) is 13.0 Å². The van der Waals surface area contributed by atoms with Crippen LogP contribution in [-0.4, -0.2) is 23.9 Å². The first-order valence-corrected chi connectivity index (χ1v) is 4.94. The van der Waals surface area contributed by atoms with Gasteiger partial charge in [0.2, 0.25) is 5.91 Å². The fourth-order valence-electron chi connectivity index (χ4n) is 0.789. The molecule has 1 saturated heterocycles. The largest absolute Gasteiger partial charge is 0.463 e. The standard InChI is InChI=1S/C8H11NO3S/c1-2-12-8(11)3-4-13-7-5-6(10)9-7/h3-4,7H,2,5H2,1H3,(H,9,10). The van der Waals surface area contributed by atoms with Gasteiger partial charge in [0.25, 0.3) is 0 Å². The Hall–Kier alpha value is -0.970. The minimum Gasteiger partial charge on any atom is -0.463 e. The predicted molar refractivity (Wildman–Crippen MR) is 49.9 cm³/mol. The minimum atomic E-state index is -0.347. The molecule has 0 aliphatic carbocycles. The first-order valence-electron chi connectivity index (χ1n) is 4.00. The maximum Gasteiger partial charge on any atom is 0.331 e. The third-order valence-electron chi connectivity index (χ3n) is 1.43. The summed E-state index contributed by atoms with van der Waals surface area (Å²) in [4.78, 5) is 21.3. The van der Waals surface area contributed by atoms with Crippen LogP contribution in [-0.2, 0) is 14.3 Å². The second-order valence-corrected chi connectivity index (χ2v) is 3.56. The van der Waals surface area contributed by atoms with E-state index in [0.717, 1.165) is 0 Å². The summed E-state index contributed by atoms with van der Waals surface area (Å²) in [5.41, 5.74) is 0. The van der Waals surface area contributed by atoms with Gasteiger partial charge in [0.15, 0.2) is 0 Å². The first-order chi connectivity index (χ1) is 6.22. The molecule has 1 aliphatic rings. The number of β-lactam (4-membered cyclic amide) rings is 1. The quantitative estimate of drug-likeness (QED) is 0.412. The summed E-state index contributed by atoms with van der Waals surface area (Å²) in [6, 6.07) is 0. The summed E-state index contributed by atoms with van der Waals surface area (Å²) in [6.45, 7) is 2.14. The molecule has 1 amide bonds. The number of nitrogens with one attached hydrogen (secondary N) is 1. The normalized spacial score (nSPS) is 21.0. The van der Waals surface area contributed by atoms with Crippen molar-refractivity contribution in [3.63, 3.8) is 0 Å². The summed E-state index contributed by atoms with van der Waals surface area (Å²) >= 11 is 1.41. The van der Waals surface area contributed by atoms with Gasteiger partial charge >= 0.3 is 5.97 Å². The Morgan fingerprint density at radius 1 is 1.85 bits per heavy atom. The Bertz CT molecular complexity index is 232. The zero-order valence-electron chi connectivity index (χ0n) is 7.28. The van der Waals surface area contributed by atoms with E-state index in [4.69, 9.17) is 0 Å². The molecule has 4 nitrogen and oxygen atoms in total.